The maximum atomic E-state index is 10.8. The smallest absolute Gasteiger partial charge is 0.326 e. The van der Waals surface area contributed by atoms with E-state index in [1.807, 2.05) is 6.07 Å². The number of nitrogens with two attached hydrogens (primary N) is 1. The van der Waals surface area contributed by atoms with Gasteiger partial charge in [0.2, 0.25) is 0 Å². The number of halogens is 1. The van der Waals surface area contributed by atoms with Crippen LogP contribution in [-0.2, 0) is 4.79 Å². The maximum absolute atomic E-state index is 10.8. The molecule has 0 bridgehead atoms. The number of benzene rings is 1. The van der Waals surface area contributed by atoms with Gasteiger partial charge in [-0.15, -0.1) is 0 Å². The molecule has 0 aliphatic heterocycles. The molecule has 4 nitrogen and oxygen atoms in total. The largest absolute Gasteiger partial charge is 0.480 e. The monoisotopic (exact) mass is 272 g/mol. The van der Waals surface area contributed by atoms with Crippen LogP contribution in [0, 0.1) is 0 Å². The van der Waals surface area contributed by atoms with Crippen LogP contribution in [0.25, 0.3) is 0 Å². The molecule has 1 aromatic carbocycles. The average molecular weight is 273 g/mol. The summed E-state index contributed by atoms with van der Waals surface area (Å²) >= 11 is 3.30. The first kappa shape index (κ1) is 11.8. The Hall–Kier alpha value is -1.23. The summed E-state index contributed by atoms with van der Waals surface area (Å²) in [6.45, 7) is 1.61. The number of nitrogens with zero attached hydrogens (tertiary/aromatic N) is 1. The number of anilines is 2. The number of rotatable bonds is 3. The summed E-state index contributed by atoms with van der Waals surface area (Å²) in [7, 11) is 1.71. The number of hydrogen-bond acceptors (Lipinski definition) is 3. The highest BCUT2D eigenvalue weighted by Crippen LogP contribution is 2.27. The second-order valence-electron chi connectivity index (χ2n) is 3.33. The van der Waals surface area contributed by atoms with Gasteiger partial charge < -0.3 is 15.7 Å². The molecule has 0 aliphatic rings. The van der Waals surface area contributed by atoms with Crippen LogP contribution in [0.1, 0.15) is 6.92 Å². The van der Waals surface area contributed by atoms with E-state index >= 15 is 0 Å². The van der Waals surface area contributed by atoms with Gasteiger partial charge in [0, 0.05) is 11.5 Å². The van der Waals surface area contributed by atoms with E-state index in [-0.39, 0.29) is 0 Å². The van der Waals surface area contributed by atoms with Gasteiger partial charge in [-0.05, 0) is 25.1 Å². The third-order valence-corrected chi connectivity index (χ3v) is 2.80. The lowest BCUT2D eigenvalue weighted by Gasteiger charge is -2.25. The van der Waals surface area contributed by atoms with Gasteiger partial charge in [0.1, 0.15) is 6.04 Å². The lowest BCUT2D eigenvalue weighted by molar-refractivity contribution is -0.138. The number of hydrogen-bond donors (Lipinski definition) is 2. The van der Waals surface area contributed by atoms with Crippen molar-refractivity contribution in [1.29, 1.82) is 0 Å². The molecule has 0 aromatic heterocycles. The highest BCUT2D eigenvalue weighted by molar-refractivity contribution is 9.10. The van der Waals surface area contributed by atoms with Gasteiger partial charge in [-0.1, -0.05) is 15.9 Å². The molecule has 82 valence electrons. The molecule has 1 unspecified atom stereocenters. The lowest BCUT2D eigenvalue weighted by atomic mass is 10.2. The van der Waals surface area contributed by atoms with Crippen molar-refractivity contribution < 1.29 is 9.90 Å². The van der Waals surface area contributed by atoms with Crippen molar-refractivity contribution >= 4 is 33.3 Å². The zero-order valence-corrected chi connectivity index (χ0v) is 10.2. The van der Waals surface area contributed by atoms with E-state index in [0.717, 1.165) is 4.47 Å². The predicted molar refractivity (Wildman–Crippen MR) is 64.1 cm³/mol. The maximum Gasteiger partial charge on any atom is 0.326 e. The number of carboxylic acids is 1. The quantitative estimate of drug-likeness (QED) is 0.826. The third kappa shape index (κ3) is 2.62. The fourth-order valence-corrected chi connectivity index (χ4v) is 1.60. The molecule has 15 heavy (non-hydrogen) atoms. The van der Waals surface area contributed by atoms with Gasteiger partial charge in [0.25, 0.3) is 0 Å². The van der Waals surface area contributed by atoms with E-state index < -0.39 is 12.0 Å². The van der Waals surface area contributed by atoms with E-state index in [1.165, 1.54) is 0 Å². The summed E-state index contributed by atoms with van der Waals surface area (Å²) in [5, 5.41) is 8.87. The van der Waals surface area contributed by atoms with Gasteiger partial charge in [-0.3, -0.25) is 0 Å². The van der Waals surface area contributed by atoms with Crippen LogP contribution in [0.15, 0.2) is 22.7 Å². The highest BCUT2D eigenvalue weighted by atomic mass is 79.9. The van der Waals surface area contributed by atoms with Crippen molar-refractivity contribution in [1.82, 2.24) is 0 Å². The number of likely N-dealkylation sites (N-methyl/N-ethyl adjacent to an activating group) is 1. The lowest BCUT2D eigenvalue weighted by Crippen LogP contribution is -2.36. The zero-order chi connectivity index (χ0) is 11.6. The van der Waals surface area contributed by atoms with Crippen molar-refractivity contribution in [2.75, 3.05) is 17.7 Å². The summed E-state index contributed by atoms with van der Waals surface area (Å²) in [6.07, 6.45) is 0. The summed E-state index contributed by atoms with van der Waals surface area (Å²) in [5.74, 6) is -0.875. The first-order valence-electron chi connectivity index (χ1n) is 4.44. The van der Waals surface area contributed by atoms with E-state index in [9.17, 15) is 4.79 Å². The molecule has 0 saturated carbocycles. The van der Waals surface area contributed by atoms with Crippen molar-refractivity contribution in [3.05, 3.63) is 22.7 Å². The Morgan fingerprint density at radius 1 is 1.60 bits per heavy atom. The molecule has 0 saturated heterocycles. The van der Waals surface area contributed by atoms with Crippen LogP contribution in [0.5, 0.6) is 0 Å². The fraction of sp³-hybridized carbons (Fsp3) is 0.300. The summed E-state index contributed by atoms with van der Waals surface area (Å²) in [4.78, 5) is 12.4. The molecule has 0 fully saturated rings. The van der Waals surface area contributed by atoms with Crippen LogP contribution in [-0.4, -0.2) is 24.2 Å². The first-order valence-corrected chi connectivity index (χ1v) is 5.23. The fourth-order valence-electron chi connectivity index (χ4n) is 1.22. The Kier molecular flexibility index (Phi) is 3.57. The number of nitrogen functional groups attached to an aromatic ring is 1. The minimum absolute atomic E-state index is 0.556. The Labute approximate surface area is 96.8 Å². The van der Waals surface area contributed by atoms with E-state index in [2.05, 4.69) is 15.9 Å². The predicted octanol–water partition coefficient (Wildman–Crippen LogP) is 1.94. The van der Waals surface area contributed by atoms with Crippen LogP contribution in [0.4, 0.5) is 11.4 Å². The minimum Gasteiger partial charge on any atom is -0.480 e. The molecule has 0 heterocycles. The van der Waals surface area contributed by atoms with Gasteiger partial charge in [-0.25, -0.2) is 4.79 Å². The molecule has 0 aliphatic carbocycles. The molecular formula is C10H13BrN2O2. The minimum atomic E-state index is -0.875. The average Bonchev–Trinajstić information content (AvgIpc) is 2.15. The van der Waals surface area contributed by atoms with Crippen molar-refractivity contribution in [3.8, 4) is 0 Å². The number of carboxylic acid groups (broad SMARTS) is 1. The Morgan fingerprint density at radius 3 is 2.67 bits per heavy atom. The van der Waals surface area contributed by atoms with Crippen molar-refractivity contribution in [3.63, 3.8) is 0 Å². The number of carbonyl (C=O) groups is 1. The highest BCUT2D eigenvalue weighted by Gasteiger charge is 2.18. The normalized spacial score (nSPS) is 12.2. The zero-order valence-electron chi connectivity index (χ0n) is 8.57. The van der Waals surface area contributed by atoms with Gasteiger partial charge in [0.15, 0.2) is 0 Å². The van der Waals surface area contributed by atoms with Crippen LogP contribution in [0.2, 0.25) is 0 Å². The van der Waals surface area contributed by atoms with Gasteiger partial charge >= 0.3 is 5.97 Å². The third-order valence-electron chi connectivity index (χ3n) is 2.31. The molecule has 0 radical (unpaired) electrons. The summed E-state index contributed by atoms with van der Waals surface area (Å²) in [5.41, 5.74) is 7.07. The summed E-state index contributed by atoms with van der Waals surface area (Å²) in [6, 6.07) is 4.77. The molecule has 0 spiro atoms. The molecule has 1 aromatic rings. The van der Waals surface area contributed by atoms with Crippen molar-refractivity contribution in [2.24, 2.45) is 0 Å². The standard InChI is InChI=1S/C10H13BrN2O2/c1-6(10(14)15)13(2)9-4-3-7(11)5-8(9)12/h3-6H,12H2,1-2H3,(H,14,15). The summed E-state index contributed by atoms with van der Waals surface area (Å²) < 4.78 is 0.875. The topological polar surface area (TPSA) is 66.6 Å². The number of aliphatic carboxylic acids is 1. The molecule has 3 N–H and O–H groups in total. The van der Waals surface area contributed by atoms with Crippen molar-refractivity contribution in [2.45, 2.75) is 13.0 Å². The SMILES string of the molecule is CC(C(=O)O)N(C)c1ccc(Br)cc1N. The molecule has 5 heteroatoms. The van der Waals surface area contributed by atoms with Crippen LogP contribution < -0.4 is 10.6 Å². The van der Waals surface area contributed by atoms with Crippen LogP contribution in [0.3, 0.4) is 0 Å². The molecule has 0 amide bonds. The van der Waals surface area contributed by atoms with Crippen LogP contribution >= 0.6 is 15.9 Å². The molecule has 1 atom stereocenters. The Bertz CT molecular complexity index is 382. The second kappa shape index (κ2) is 4.53. The molecular weight excluding hydrogens is 260 g/mol. The Balaban J connectivity index is 3.01. The second-order valence-corrected chi connectivity index (χ2v) is 4.24. The van der Waals surface area contributed by atoms with E-state index in [0.29, 0.717) is 11.4 Å². The Morgan fingerprint density at radius 2 is 2.20 bits per heavy atom. The first-order chi connectivity index (χ1) is 6.93. The molecule has 1 rings (SSSR count). The van der Waals surface area contributed by atoms with E-state index in [4.69, 9.17) is 10.8 Å². The van der Waals surface area contributed by atoms with E-state index in [1.54, 1.807) is 31.0 Å². The van der Waals surface area contributed by atoms with Gasteiger partial charge in [-0.2, -0.15) is 0 Å². The van der Waals surface area contributed by atoms with Gasteiger partial charge in [0.05, 0.1) is 11.4 Å².